The third-order valence-electron chi connectivity index (χ3n) is 5.26. The molecule has 1 heterocycles. The van der Waals surface area contributed by atoms with Gasteiger partial charge in [-0.2, -0.15) is 0 Å². The van der Waals surface area contributed by atoms with E-state index in [2.05, 4.69) is 54.6 Å². The standard InChI is InChI=1S/C26H33N3O3S/c1-17(2)15-29-25(19(5)32-23-13-7-20(8-14-23)18(3)4)27-28-26(29)33-16-24(30)21-9-11-22(31-6)12-10-21/h7-14,17-19H,15-16H2,1-6H3. The van der Waals surface area contributed by atoms with E-state index in [0.717, 1.165) is 29.0 Å². The highest BCUT2D eigenvalue weighted by Crippen LogP contribution is 2.27. The molecule has 33 heavy (non-hydrogen) atoms. The first kappa shape index (κ1) is 24.8. The zero-order valence-electron chi connectivity index (χ0n) is 20.2. The van der Waals surface area contributed by atoms with E-state index >= 15 is 0 Å². The largest absolute Gasteiger partial charge is 0.497 e. The van der Waals surface area contributed by atoms with Crippen LogP contribution in [0.25, 0.3) is 0 Å². The Balaban J connectivity index is 1.72. The van der Waals surface area contributed by atoms with Crippen molar-refractivity contribution in [3.05, 3.63) is 65.5 Å². The number of methoxy groups -OCH3 is 1. The predicted molar refractivity (Wildman–Crippen MR) is 132 cm³/mol. The molecule has 0 fully saturated rings. The first-order chi connectivity index (χ1) is 15.8. The van der Waals surface area contributed by atoms with Crippen molar-refractivity contribution in [2.75, 3.05) is 12.9 Å². The Morgan fingerprint density at radius 2 is 1.58 bits per heavy atom. The lowest BCUT2D eigenvalue weighted by Crippen LogP contribution is -2.15. The second kappa shape index (κ2) is 11.4. The van der Waals surface area contributed by atoms with Crippen LogP contribution < -0.4 is 9.47 Å². The van der Waals surface area contributed by atoms with Crippen LogP contribution in [0.15, 0.2) is 53.7 Å². The number of benzene rings is 2. The minimum Gasteiger partial charge on any atom is -0.497 e. The van der Waals surface area contributed by atoms with Crippen molar-refractivity contribution in [2.24, 2.45) is 5.92 Å². The number of carbonyl (C=O) groups is 1. The summed E-state index contributed by atoms with van der Waals surface area (Å²) in [7, 11) is 1.61. The third-order valence-corrected chi connectivity index (χ3v) is 6.23. The van der Waals surface area contributed by atoms with Crippen LogP contribution in [0.1, 0.15) is 68.4 Å². The molecule has 2 aromatic carbocycles. The van der Waals surface area contributed by atoms with Crippen molar-refractivity contribution >= 4 is 17.5 Å². The van der Waals surface area contributed by atoms with Crippen LogP contribution in [0.5, 0.6) is 11.5 Å². The van der Waals surface area contributed by atoms with Crippen LogP contribution in [0.2, 0.25) is 0 Å². The lowest BCUT2D eigenvalue weighted by molar-refractivity contribution is 0.102. The van der Waals surface area contributed by atoms with Gasteiger partial charge in [0.15, 0.2) is 22.9 Å². The summed E-state index contributed by atoms with van der Waals surface area (Å²) in [6.45, 7) is 11.4. The molecule has 7 heteroatoms. The Morgan fingerprint density at radius 1 is 0.939 bits per heavy atom. The molecule has 0 bridgehead atoms. The smallest absolute Gasteiger partial charge is 0.191 e. The van der Waals surface area contributed by atoms with Gasteiger partial charge < -0.3 is 14.0 Å². The fourth-order valence-corrected chi connectivity index (χ4v) is 4.27. The Kier molecular flexibility index (Phi) is 8.55. The number of aromatic nitrogens is 3. The molecule has 0 aliphatic rings. The molecular formula is C26H33N3O3S. The average Bonchev–Trinajstić information content (AvgIpc) is 3.19. The molecule has 0 amide bonds. The number of ketones is 1. The Morgan fingerprint density at radius 3 is 2.15 bits per heavy atom. The van der Waals surface area contributed by atoms with Crippen LogP contribution in [0.4, 0.5) is 0 Å². The monoisotopic (exact) mass is 467 g/mol. The summed E-state index contributed by atoms with van der Waals surface area (Å²) in [5.74, 6) is 3.49. The van der Waals surface area contributed by atoms with E-state index in [4.69, 9.17) is 9.47 Å². The number of carbonyl (C=O) groups excluding carboxylic acids is 1. The van der Waals surface area contributed by atoms with Crippen molar-refractivity contribution < 1.29 is 14.3 Å². The lowest BCUT2D eigenvalue weighted by atomic mass is 10.0. The van der Waals surface area contributed by atoms with Gasteiger partial charge in [0, 0.05) is 12.1 Å². The maximum atomic E-state index is 12.7. The van der Waals surface area contributed by atoms with Gasteiger partial charge in [-0.3, -0.25) is 4.79 Å². The van der Waals surface area contributed by atoms with E-state index in [0.29, 0.717) is 17.4 Å². The van der Waals surface area contributed by atoms with Crippen LogP contribution >= 0.6 is 11.8 Å². The fourth-order valence-electron chi connectivity index (χ4n) is 3.42. The van der Waals surface area contributed by atoms with Crippen LogP contribution in [0, 0.1) is 5.92 Å². The summed E-state index contributed by atoms with van der Waals surface area (Å²) in [5, 5.41) is 9.54. The number of ether oxygens (including phenoxy) is 2. The maximum absolute atomic E-state index is 12.7. The van der Waals surface area contributed by atoms with Crippen molar-refractivity contribution in [1.29, 1.82) is 0 Å². The third kappa shape index (κ3) is 6.60. The van der Waals surface area contributed by atoms with Crippen molar-refractivity contribution in [3.8, 4) is 11.5 Å². The van der Waals surface area contributed by atoms with Crippen LogP contribution in [0.3, 0.4) is 0 Å². The summed E-state index contributed by atoms with van der Waals surface area (Å²) in [4.78, 5) is 12.7. The number of nitrogens with zero attached hydrogens (tertiary/aromatic N) is 3. The molecule has 0 N–H and O–H groups in total. The number of hydrogen-bond donors (Lipinski definition) is 0. The van der Waals surface area contributed by atoms with Crippen molar-refractivity contribution in [3.63, 3.8) is 0 Å². The summed E-state index contributed by atoms with van der Waals surface area (Å²) in [6.07, 6.45) is -0.271. The second-order valence-corrected chi connectivity index (χ2v) is 9.71. The predicted octanol–water partition coefficient (Wildman–Crippen LogP) is 6.18. The highest BCUT2D eigenvalue weighted by molar-refractivity contribution is 7.99. The molecule has 6 nitrogen and oxygen atoms in total. The Labute approximate surface area is 200 Å². The topological polar surface area (TPSA) is 66.2 Å². The SMILES string of the molecule is COc1ccc(C(=O)CSc2nnc(C(C)Oc3ccc(C(C)C)cc3)n2CC(C)C)cc1. The molecule has 1 atom stereocenters. The first-order valence-electron chi connectivity index (χ1n) is 11.3. The molecule has 3 rings (SSSR count). The van der Waals surface area contributed by atoms with Crippen LogP contribution in [-0.2, 0) is 6.54 Å². The molecule has 0 aliphatic heterocycles. The highest BCUT2D eigenvalue weighted by Gasteiger charge is 2.21. The quantitative estimate of drug-likeness (QED) is 0.248. The molecule has 3 aromatic rings. The first-order valence-corrected chi connectivity index (χ1v) is 12.3. The molecule has 0 saturated heterocycles. The van der Waals surface area contributed by atoms with E-state index in [1.54, 1.807) is 31.4 Å². The summed E-state index contributed by atoms with van der Waals surface area (Å²) < 4.78 is 13.4. The highest BCUT2D eigenvalue weighted by atomic mass is 32.2. The summed E-state index contributed by atoms with van der Waals surface area (Å²) in [5.41, 5.74) is 1.93. The summed E-state index contributed by atoms with van der Waals surface area (Å²) in [6, 6.07) is 15.3. The van der Waals surface area contributed by atoms with E-state index < -0.39 is 0 Å². The molecule has 0 saturated carbocycles. The van der Waals surface area contributed by atoms with Gasteiger partial charge in [-0.15, -0.1) is 10.2 Å². The van der Waals surface area contributed by atoms with Gasteiger partial charge in [0.05, 0.1) is 12.9 Å². The van der Waals surface area contributed by atoms with Gasteiger partial charge in [0.25, 0.3) is 0 Å². The van der Waals surface area contributed by atoms with Gasteiger partial charge in [-0.1, -0.05) is 51.6 Å². The minimum atomic E-state index is -0.271. The van der Waals surface area contributed by atoms with E-state index in [1.165, 1.54) is 17.3 Å². The van der Waals surface area contributed by atoms with E-state index in [1.807, 2.05) is 19.1 Å². The number of rotatable bonds is 11. The molecular weight excluding hydrogens is 434 g/mol. The lowest BCUT2D eigenvalue weighted by Gasteiger charge is -2.18. The average molecular weight is 468 g/mol. The normalized spacial score (nSPS) is 12.2. The molecule has 0 aliphatic carbocycles. The van der Waals surface area contributed by atoms with E-state index in [-0.39, 0.29) is 17.6 Å². The van der Waals surface area contributed by atoms with Gasteiger partial charge in [-0.25, -0.2) is 0 Å². The molecule has 1 unspecified atom stereocenters. The van der Waals surface area contributed by atoms with Gasteiger partial charge in [0.1, 0.15) is 11.5 Å². The second-order valence-electron chi connectivity index (χ2n) is 8.77. The van der Waals surface area contributed by atoms with E-state index in [9.17, 15) is 4.79 Å². The van der Waals surface area contributed by atoms with Crippen LogP contribution in [-0.4, -0.2) is 33.4 Å². The number of Topliss-reactive ketones (excluding diaryl/α,β-unsaturated/α-hetero) is 1. The molecule has 176 valence electrons. The molecule has 1 aromatic heterocycles. The number of thioether (sulfide) groups is 1. The Bertz CT molecular complexity index is 1040. The number of hydrogen-bond acceptors (Lipinski definition) is 6. The zero-order valence-corrected chi connectivity index (χ0v) is 21.1. The summed E-state index contributed by atoms with van der Waals surface area (Å²) >= 11 is 1.40. The maximum Gasteiger partial charge on any atom is 0.191 e. The van der Waals surface area contributed by atoms with Crippen molar-refractivity contribution in [2.45, 2.75) is 58.3 Å². The zero-order chi connectivity index (χ0) is 24.0. The minimum absolute atomic E-state index is 0.0397. The van der Waals surface area contributed by atoms with Gasteiger partial charge in [-0.05, 0) is 60.7 Å². The van der Waals surface area contributed by atoms with Crippen molar-refractivity contribution in [1.82, 2.24) is 14.8 Å². The fraction of sp³-hybridized carbons (Fsp3) is 0.423. The molecule has 0 spiro atoms. The molecule has 0 radical (unpaired) electrons. The van der Waals surface area contributed by atoms with Gasteiger partial charge >= 0.3 is 0 Å². The Hall–Kier alpha value is -2.80. The van der Waals surface area contributed by atoms with Gasteiger partial charge in [0.2, 0.25) is 0 Å².